The van der Waals surface area contributed by atoms with Gasteiger partial charge in [0.1, 0.15) is 0 Å². The smallest absolute Gasteiger partial charge is 0.155 e. The van der Waals surface area contributed by atoms with Crippen LogP contribution in [0.15, 0.2) is 24.3 Å². The van der Waals surface area contributed by atoms with Crippen LogP contribution in [-0.2, 0) is 4.79 Å². The van der Waals surface area contributed by atoms with E-state index < -0.39 is 0 Å². The van der Waals surface area contributed by atoms with Gasteiger partial charge < -0.3 is 5.11 Å². The molecule has 0 aromatic carbocycles. The molecule has 0 saturated heterocycles. The zero-order valence-electron chi connectivity index (χ0n) is 14.6. The maximum absolute atomic E-state index is 12.0. The van der Waals surface area contributed by atoms with Gasteiger partial charge in [-0.2, -0.15) is 0 Å². The Kier molecular flexibility index (Phi) is 3.43. The predicted octanol–water partition coefficient (Wildman–Crippen LogP) is 4.29. The molecule has 7 atom stereocenters. The van der Waals surface area contributed by atoms with Crippen LogP contribution >= 0.6 is 0 Å². The van der Waals surface area contributed by atoms with Gasteiger partial charge in [0.05, 0.1) is 6.10 Å². The van der Waals surface area contributed by atoms with Crippen molar-refractivity contribution in [2.75, 3.05) is 0 Å². The van der Waals surface area contributed by atoms with Gasteiger partial charge in [-0.15, -0.1) is 6.58 Å². The second-order valence-corrected chi connectivity index (χ2v) is 9.09. The summed E-state index contributed by atoms with van der Waals surface area (Å²) in [6.45, 7) is 8.87. The molecule has 0 spiro atoms. The number of rotatable bonds is 1. The number of allylic oxidation sites excluding steroid dienone is 2. The number of fused-ring (bicyclic) bond motifs is 5. The minimum atomic E-state index is -0.128. The second-order valence-electron chi connectivity index (χ2n) is 9.09. The molecule has 23 heavy (non-hydrogen) atoms. The zero-order chi connectivity index (χ0) is 16.4. The van der Waals surface area contributed by atoms with Crippen molar-refractivity contribution in [3.8, 4) is 0 Å². The van der Waals surface area contributed by atoms with Crippen LogP contribution in [0.2, 0.25) is 0 Å². The first-order valence-corrected chi connectivity index (χ1v) is 9.44. The van der Waals surface area contributed by atoms with E-state index in [-0.39, 0.29) is 16.9 Å². The monoisotopic (exact) mass is 314 g/mol. The molecular formula is C21H30O2. The molecule has 0 aromatic rings. The van der Waals surface area contributed by atoms with Crippen LogP contribution in [0.5, 0.6) is 0 Å². The SMILES string of the molecule is C=C[C@@H]1CC2=CC(=O)CC[C@]2(C)C2CC[C@@]3(C)C(CC[C@@H]3O)C21. The molecule has 0 aliphatic heterocycles. The van der Waals surface area contributed by atoms with Gasteiger partial charge in [-0.05, 0) is 79.1 Å². The third-order valence-corrected chi connectivity index (χ3v) is 8.31. The lowest BCUT2D eigenvalue weighted by molar-refractivity contribution is -0.119. The van der Waals surface area contributed by atoms with E-state index in [0.717, 1.165) is 32.1 Å². The second kappa shape index (κ2) is 5.05. The van der Waals surface area contributed by atoms with E-state index >= 15 is 0 Å². The van der Waals surface area contributed by atoms with Crippen molar-refractivity contribution in [1.82, 2.24) is 0 Å². The van der Waals surface area contributed by atoms with Gasteiger partial charge in [0.25, 0.3) is 0 Å². The Morgan fingerprint density at radius 2 is 2.00 bits per heavy atom. The quantitative estimate of drug-likeness (QED) is 0.733. The molecule has 0 aromatic heterocycles. The van der Waals surface area contributed by atoms with Crippen molar-refractivity contribution in [1.29, 1.82) is 0 Å². The average Bonchev–Trinajstić information content (AvgIpc) is 2.83. The van der Waals surface area contributed by atoms with E-state index in [9.17, 15) is 9.90 Å². The van der Waals surface area contributed by atoms with Crippen molar-refractivity contribution < 1.29 is 9.90 Å². The Hall–Kier alpha value is -0.890. The van der Waals surface area contributed by atoms with Gasteiger partial charge in [0, 0.05) is 6.42 Å². The van der Waals surface area contributed by atoms with Gasteiger partial charge in [-0.1, -0.05) is 25.5 Å². The number of hydrogen-bond acceptors (Lipinski definition) is 2. The van der Waals surface area contributed by atoms with Gasteiger partial charge in [-0.3, -0.25) is 4.79 Å². The van der Waals surface area contributed by atoms with Gasteiger partial charge in [0.2, 0.25) is 0 Å². The van der Waals surface area contributed by atoms with E-state index in [2.05, 4.69) is 26.5 Å². The fraction of sp³-hybridized carbons (Fsp3) is 0.762. The predicted molar refractivity (Wildman–Crippen MR) is 91.8 cm³/mol. The zero-order valence-corrected chi connectivity index (χ0v) is 14.6. The van der Waals surface area contributed by atoms with Crippen LogP contribution in [0.1, 0.15) is 58.8 Å². The highest BCUT2D eigenvalue weighted by atomic mass is 16.3. The summed E-state index contributed by atoms with van der Waals surface area (Å²) >= 11 is 0. The Bertz CT molecular complexity index is 576. The molecule has 2 nitrogen and oxygen atoms in total. The molecule has 0 bridgehead atoms. The summed E-state index contributed by atoms with van der Waals surface area (Å²) < 4.78 is 0. The van der Waals surface area contributed by atoms with E-state index in [1.54, 1.807) is 0 Å². The molecule has 0 amide bonds. The lowest BCUT2D eigenvalue weighted by Gasteiger charge is -2.59. The molecule has 4 aliphatic rings. The van der Waals surface area contributed by atoms with E-state index in [1.165, 1.54) is 12.0 Å². The number of aliphatic hydroxyl groups excluding tert-OH is 1. The number of carbonyl (C=O) groups is 1. The molecule has 126 valence electrons. The molecule has 0 heterocycles. The van der Waals surface area contributed by atoms with Gasteiger partial charge in [0.15, 0.2) is 5.78 Å². The number of hydrogen-bond donors (Lipinski definition) is 1. The molecule has 3 saturated carbocycles. The number of carbonyl (C=O) groups excluding carboxylic acids is 1. The molecule has 4 aliphatic carbocycles. The van der Waals surface area contributed by atoms with Gasteiger partial charge in [-0.25, -0.2) is 0 Å². The van der Waals surface area contributed by atoms with Crippen molar-refractivity contribution >= 4 is 5.78 Å². The minimum Gasteiger partial charge on any atom is -0.393 e. The summed E-state index contributed by atoms with van der Waals surface area (Å²) in [4.78, 5) is 12.0. The minimum absolute atomic E-state index is 0.102. The highest BCUT2D eigenvalue weighted by molar-refractivity contribution is 5.91. The van der Waals surface area contributed by atoms with Gasteiger partial charge >= 0.3 is 0 Å². The number of ketones is 1. The van der Waals surface area contributed by atoms with E-state index in [4.69, 9.17) is 0 Å². The number of aliphatic hydroxyl groups is 1. The fourth-order valence-electron chi connectivity index (χ4n) is 6.83. The van der Waals surface area contributed by atoms with Crippen molar-refractivity contribution in [2.45, 2.75) is 64.9 Å². The first kappa shape index (κ1) is 15.6. The summed E-state index contributed by atoms with van der Waals surface area (Å²) in [5.41, 5.74) is 1.69. The summed E-state index contributed by atoms with van der Waals surface area (Å²) in [6, 6.07) is 0. The van der Waals surface area contributed by atoms with E-state index in [0.29, 0.717) is 35.9 Å². The molecule has 2 heteroatoms. The third-order valence-electron chi connectivity index (χ3n) is 8.31. The largest absolute Gasteiger partial charge is 0.393 e. The maximum atomic E-state index is 12.0. The van der Waals surface area contributed by atoms with Crippen molar-refractivity contribution in [2.24, 2.45) is 34.5 Å². The molecular weight excluding hydrogens is 284 g/mol. The van der Waals surface area contributed by atoms with Crippen LogP contribution in [0.4, 0.5) is 0 Å². The lowest BCUT2D eigenvalue weighted by Crippen LogP contribution is -2.53. The first-order valence-electron chi connectivity index (χ1n) is 9.44. The lowest BCUT2D eigenvalue weighted by atomic mass is 9.45. The summed E-state index contributed by atoms with van der Waals surface area (Å²) in [7, 11) is 0. The van der Waals surface area contributed by atoms with Crippen molar-refractivity contribution in [3.63, 3.8) is 0 Å². The van der Waals surface area contributed by atoms with Crippen LogP contribution in [-0.4, -0.2) is 17.0 Å². The fourth-order valence-corrected chi connectivity index (χ4v) is 6.83. The normalized spacial score (nSPS) is 52.2. The maximum Gasteiger partial charge on any atom is 0.155 e. The molecule has 4 rings (SSSR count). The molecule has 1 N–H and O–H groups in total. The Morgan fingerprint density at radius 3 is 2.74 bits per heavy atom. The third kappa shape index (κ3) is 2.00. The summed E-state index contributed by atoms with van der Waals surface area (Å²) in [5, 5.41) is 10.6. The average molecular weight is 314 g/mol. The van der Waals surface area contributed by atoms with Crippen LogP contribution in [0, 0.1) is 34.5 Å². The van der Waals surface area contributed by atoms with Crippen LogP contribution in [0.25, 0.3) is 0 Å². The molecule has 0 radical (unpaired) electrons. The molecule has 3 unspecified atom stereocenters. The van der Waals surface area contributed by atoms with Crippen LogP contribution in [0.3, 0.4) is 0 Å². The molecule has 3 fully saturated rings. The van der Waals surface area contributed by atoms with Crippen molar-refractivity contribution in [3.05, 3.63) is 24.3 Å². The first-order chi connectivity index (χ1) is 10.9. The summed E-state index contributed by atoms with van der Waals surface area (Å²) in [5.74, 6) is 2.70. The Labute approximate surface area is 140 Å². The topological polar surface area (TPSA) is 37.3 Å². The van der Waals surface area contributed by atoms with E-state index in [1.807, 2.05) is 6.08 Å². The highest BCUT2D eigenvalue weighted by Crippen LogP contribution is 2.66. The Balaban J connectivity index is 1.77. The highest BCUT2D eigenvalue weighted by Gasteiger charge is 2.60. The van der Waals surface area contributed by atoms with Crippen LogP contribution < -0.4 is 0 Å². The standard InChI is InChI=1S/C21H30O2/c1-4-13-11-14-12-15(22)7-9-20(14,2)17-8-10-21(3)16(19(13)17)5-6-18(21)23/h4,12-13,16-19,23H,1,5-11H2,2-3H3/t13-,16?,17?,18+,19?,20+,21+/m1/s1. The summed E-state index contributed by atoms with van der Waals surface area (Å²) in [6.07, 6.45) is 11.2. The Morgan fingerprint density at radius 1 is 1.22 bits per heavy atom.